The SMILES string of the molecule is CCOc1ccc(S(=O)(=O)N2CCN(Cn3c(=O)n(C)c4ccccc43)CC2)cc1. The van der Waals surface area contributed by atoms with Gasteiger partial charge in [0, 0.05) is 33.2 Å². The Morgan fingerprint density at radius 1 is 0.933 bits per heavy atom. The van der Waals surface area contributed by atoms with E-state index in [-0.39, 0.29) is 10.6 Å². The molecule has 1 aliphatic rings. The van der Waals surface area contributed by atoms with Crippen LogP contribution in [0.2, 0.25) is 0 Å². The molecule has 9 heteroatoms. The van der Waals surface area contributed by atoms with Gasteiger partial charge in [-0.25, -0.2) is 13.2 Å². The zero-order valence-electron chi connectivity index (χ0n) is 17.2. The molecule has 2 aromatic carbocycles. The molecule has 1 aliphatic heterocycles. The number of imidazole rings is 1. The van der Waals surface area contributed by atoms with E-state index >= 15 is 0 Å². The van der Waals surface area contributed by atoms with Crippen molar-refractivity contribution in [3.63, 3.8) is 0 Å². The predicted molar refractivity (Wildman–Crippen MR) is 115 cm³/mol. The smallest absolute Gasteiger partial charge is 0.329 e. The van der Waals surface area contributed by atoms with E-state index in [1.54, 1.807) is 40.4 Å². The third kappa shape index (κ3) is 3.76. The lowest BCUT2D eigenvalue weighted by molar-refractivity contribution is 0.152. The summed E-state index contributed by atoms with van der Waals surface area (Å²) in [5.41, 5.74) is 1.70. The van der Waals surface area contributed by atoms with Crippen LogP contribution < -0.4 is 10.4 Å². The molecule has 1 saturated heterocycles. The number of nitrogens with zero attached hydrogens (tertiary/aromatic N) is 4. The van der Waals surface area contributed by atoms with E-state index in [9.17, 15) is 13.2 Å². The second kappa shape index (κ2) is 8.25. The second-order valence-corrected chi connectivity index (χ2v) is 9.26. The maximum absolute atomic E-state index is 13.0. The molecule has 0 spiro atoms. The van der Waals surface area contributed by atoms with Crippen LogP contribution in [0.4, 0.5) is 0 Å². The van der Waals surface area contributed by atoms with Crippen LogP contribution in [-0.4, -0.2) is 59.5 Å². The number of sulfonamides is 1. The van der Waals surface area contributed by atoms with Gasteiger partial charge >= 0.3 is 5.69 Å². The van der Waals surface area contributed by atoms with E-state index in [4.69, 9.17) is 4.74 Å². The number of ether oxygens (including phenoxy) is 1. The van der Waals surface area contributed by atoms with Crippen molar-refractivity contribution in [2.45, 2.75) is 18.5 Å². The molecule has 0 amide bonds. The van der Waals surface area contributed by atoms with Gasteiger partial charge in [0.15, 0.2) is 0 Å². The Hall–Kier alpha value is -2.62. The summed E-state index contributed by atoms with van der Waals surface area (Å²) in [6.45, 7) is 4.75. The molecular formula is C21H26N4O4S. The molecule has 0 unspecified atom stereocenters. The van der Waals surface area contributed by atoms with Gasteiger partial charge in [0.05, 0.1) is 29.2 Å². The fourth-order valence-electron chi connectivity index (χ4n) is 3.83. The van der Waals surface area contributed by atoms with Crippen molar-refractivity contribution in [3.8, 4) is 5.75 Å². The van der Waals surface area contributed by atoms with Gasteiger partial charge in [0.25, 0.3) is 0 Å². The Morgan fingerprint density at radius 2 is 1.57 bits per heavy atom. The molecule has 30 heavy (non-hydrogen) atoms. The summed E-state index contributed by atoms with van der Waals surface area (Å²) in [7, 11) is -1.78. The summed E-state index contributed by atoms with van der Waals surface area (Å²) in [6, 6.07) is 14.2. The molecule has 0 bridgehead atoms. The number of fused-ring (bicyclic) bond motifs is 1. The molecule has 1 aromatic heterocycles. The van der Waals surface area contributed by atoms with Crippen molar-refractivity contribution in [1.82, 2.24) is 18.3 Å². The molecule has 160 valence electrons. The Bertz CT molecular complexity index is 1190. The van der Waals surface area contributed by atoms with Gasteiger partial charge in [-0.15, -0.1) is 0 Å². The Balaban J connectivity index is 1.45. The quantitative estimate of drug-likeness (QED) is 0.595. The molecule has 8 nitrogen and oxygen atoms in total. The first-order valence-electron chi connectivity index (χ1n) is 10.0. The van der Waals surface area contributed by atoms with Crippen LogP contribution in [0.5, 0.6) is 5.75 Å². The van der Waals surface area contributed by atoms with E-state index in [2.05, 4.69) is 4.90 Å². The molecule has 0 saturated carbocycles. The number of rotatable bonds is 6. The summed E-state index contributed by atoms with van der Waals surface area (Å²) in [4.78, 5) is 15.0. The lowest BCUT2D eigenvalue weighted by Crippen LogP contribution is -2.49. The van der Waals surface area contributed by atoms with Gasteiger partial charge in [-0.1, -0.05) is 12.1 Å². The number of aryl methyl sites for hydroxylation is 1. The number of para-hydroxylation sites is 2. The van der Waals surface area contributed by atoms with Crippen LogP contribution in [0.1, 0.15) is 6.92 Å². The average molecular weight is 431 g/mol. The molecule has 3 aromatic rings. The highest BCUT2D eigenvalue weighted by Crippen LogP contribution is 2.21. The van der Waals surface area contributed by atoms with Crippen LogP contribution in [0.25, 0.3) is 11.0 Å². The normalized spacial score (nSPS) is 16.2. The summed E-state index contributed by atoms with van der Waals surface area (Å²) in [5, 5.41) is 0. The summed E-state index contributed by atoms with van der Waals surface area (Å²) in [5.74, 6) is 0.654. The lowest BCUT2D eigenvalue weighted by atomic mass is 10.3. The van der Waals surface area contributed by atoms with E-state index in [0.717, 1.165) is 11.0 Å². The van der Waals surface area contributed by atoms with E-state index in [1.807, 2.05) is 31.2 Å². The van der Waals surface area contributed by atoms with Crippen molar-refractivity contribution in [1.29, 1.82) is 0 Å². The highest BCUT2D eigenvalue weighted by atomic mass is 32.2. The lowest BCUT2D eigenvalue weighted by Gasteiger charge is -2.34. The molecule has 4 rings (SSSR count). The molecular weight excluding hydrogens is 404 g/mol. The fraction of sp³-hybridized carbons (Fsp3) is 0.381. The van der Waals surface area contributed by atoms with Crippen molar-refractivity contribution in [2.24, 2.45) is 7.05 Å². The van der Waals surface area contributed by atoms with Gasteiger partial charge in [-0.3, -0.25) is 14.0 Å². The van der Waals surface area contributed by atoms with Crippen molar-refractivity contribution in [2.75, 3.05) is 32.8 Å². The van der Waals surface area contributed by atoms with Gasteiger partial charge in [0.2, 0.25) is 10.0 Å². The van der Waals surface area contributed by atoms with Crippen molar-refractivity contribution in [3.05, 3.63) is 59.0 Å². The van der Waals surface area contributed by atoms with Crippen LogP contribution >= 0.6 is 0 Å². The predicted octanol–water partition coefficient (Wildman–Crippen LogP) is 1.70. The largest absolute Gasteiger partial charge is 0.494 e. The number of aromatic nitrogens is 2. The number of hydrogen-bond acceptors (Lipinski definition) is 5. The van der Waals surface area contributed by atoms with E-state index < -0.39 is 10.0 Å². The van der Waals surface area contributed by atoms with Crippen molar-refractivity contribution >= 4 is 21.1 Å². The van der Waals surface area contributed by atoms with Gasteiger partial charge in [0.1, 0.15) is 5.75 Å². The number of piperazine rings is 1. The maximum atomic E-state index is 13.0. The maximum Gasteiger partial charge on any atom is 0.329 e. The summed E-state index contributed by atoms with van der Waals surface area (Å²) >= 11 is 0. The third-order valence-electron chi connectivity index (χ3n) is 5.50. The third-order valence-corrected chi connectivity index (χ3v) is 7.41. The van der Waals surface area contributed by atoms with Gasteiger partial charge < -0.3 is 4.74 Å². The highest BCUT2D eigenvalue weighted by Gasteiger charge is 2.29. The zero-order chi connectivity index (χ0) is 21.3. The Labute approximate surface area is 175 Å². The minimum Gasteiger partial charge on any atom is -0.494 e. The number of hydrogen-bond donors (Lipinski definition) is 0. The van der Waals surface area contributed by atoms with Crippen LogP contribution in [-0.2, 0) is 23.7 Å². The zero-order valence-corrected chi connectivity index (χ0v) is 18.0. The Morgan fingerprint density at radius 3 is 2.20 bits per heavy atom. The number of benzene rings is 2. The summed E-state index contributed by atoms with van der Waals surface area (Å²) in [6.07, 6.45) is 0. The van der Waals surface area contributed by atoms with Gasteiger partial charge in [-0.2, -0.15) is 4.31 Å². The van der Waals surface area contributed by atoms with Gasteiger partial charge in [-0.05, 0) is 43.3 Å². The first-order chi connectivity index (χ1) is 14.4. The molecule has 0 aliphatic carbocycles. The minimum absolute atomic E-state index is 0.0689. The fourth-order valence-corrected chi connectivity index (χ4v) is 5.26. The van der Waals surface area contributed by atoms with Crippen molar-refractivity contribution < 1.29 is 13.2 Å². The van der Waals surface area contributed by atoms with Crippen LogP contribution in [0.3, 0.4) is 0 Å². The minimum atomic E-state index is -3.55. The van der Waals surface area contributed by atoms with E-state index in [0.29, 0.717) is 45.2 Å². The first kappa shape index (κ1) is 20.6. The monoisotopic (exact) mass is 430 g/mol. The van der Waals surface area contributed by atoms with Crippen LogP contribution in [0.15, 0.2) is 58.2 Å². The highest BCUT2D eigenvalue weighted by molar-refractivity contribution is 7.89. The molecule has 0 N–H and O–H groups in total. The molecule has 1 fully saturated rings. The van der Waals surface area contributed by atoms with Crippen LogP contribution in [0, 0.1) is 0 Å². The van der Waals surface area contributed by atoms with E-state index in [1.165, 1.54) is 4.31 Å². The average Bonchev–Trinajstić information content (AvgIpc) is 3.00. The second-order valence-electron chi connectivity index (χ2n) is 7.33. The summed E-state index contributed by atoms with van der Waals surface area (Å²) < 4.78 is 36.2. The first-order valence-corrected chi connectivity index (χ1v) is 11.5. The Kier molecular flexibility index (Phi) is 5.68. The standard InChI is InChI=1S/C21H26N4O4S/c1-3-29-17-8-10-18(11-9-17)30(27,28)24-14-12-23(13-15-24)16-25-20-7-5-4-6-19(20)22(2)21(25)26/h4-11H,3,12-16H2,1-2H3. The molecule has 0 atom stereocenters. The molecule has 2 heterocycles. The molecule has 0 radical (unpaired) electrons. The topological polar surface area (TPSA) is 76.8 Å².